The molecule has 5 heteroatoms. The SMILES string of the molecule is CC(C)c1nsc(C(N)=O)c1C#N. The van der Waals surface area contributed by atoms with E-state index in [1.165, 1.54) is 0 Å². The largest absolute Gasteiger partial charge is 0.365 e. The number of nitriles is 1. The Hall–Kier alpha value is -1.41. The number of rotatable bonds is 2. The Bertz CT molecular complexity index is 375. The molecule has 0 aliphatic heterocycles. The monoisotopic (exact) mass is 195 g/mol. The van der Waals surface area contributed by atoms with E-state index in [0.717, 1.165) is 11.5 Å². The number of amides is 1. The predicted molar refractivity (Wildman–Crippen MR) is 49.4 cm³/mol. The zero-order valence-corrected chi connectivity index (χ0v) is 8.18. The van der Waals surface area contributed by atoms with Gasteiger partial charge in [-0.15, -0.1) is 0 Å². The third kappa shape index (κ3) is 1.68. The van der Waals surface area contributed by atoms with Crippen LogP contribution in [0.2, 0.25) is 0 Å². The molecular formula is C8H9N3OS. The quantitative estimate of drug-likeness (QED) is 0.770. The van der Waals surface area contributed by atoms with E-state index < -0.39 is 5.91 Å². The maximum atomic E-state index is 10.9. The summed E-state index contributed by atoms with van der Waals surface area (Å²) in [7, 11) is 0. The molecule has 0 aromatic carbocycles. The van der Waals surface area contributed by atoms with Crippen LogP contribution < -0.4 is 5.73 Å². The molecule has 0 aliphatic carbocycles. The predicted octanol–water partition coefficient (Wildman–Crippen LogP) is 1.24. The van der Waals surface area contributed by atoms with E-state index in [-0.39, 0.29) is 10.8 Å². The number of carbonyl (C=O) groups is 1. The van der Waals surface area contributed by atoms with Crippen molar-refractivity contribution >= 4 is 17.4 Å². The molecule has 13 heavy (non-hydrogen) atoms. The second-order valence-corrected chi connectivity index (χ2v) is 3.68. The smallest absolute Gasteiger partial charge is 0.261 e. The van der Waals surface area contributed by atoms with Crippen LogP contribution in [0.1, 0.15) is 40.7 Å². The highest BCUT2D eigenvalue weighted by atomic mass is 32.1. The van der Waals surface area contributed by atoms with Crippen LogP contribution in [-0.2, 0) is 0 Å². The molecule has 1 rings (SSSR count). The van der Waals surface area contributed by atoms with Crippen LogP contribution >= 0.6 is 11.5 Å². The Labute approximate surface area is 80.2 Å². The highest BCUT2D eigenvalue weighted by Gasteiger charge is 2.19. The molecule has 0 spiro atoms. The molecule has 0 atom stereocenters. The normalized spacial score (nSPS) is 10.0. The number of hydrogen-bond acceptors (Lipinski definition) is 4. The first kappa shape index (κ1) is 9.68. The summed E-state index contributed by atoms with van der Waals surface area (Å²) in [6.45, 7) is 3.83. The van der Waals surface area contributed by atoms with E-state index in [1.54, 1.807) is 0 Å². The first-order valence-corrected chi connectivity index (χ1v) is 4.54. The Morgan fingerprint density at radius 2 is 2.31 bits per heavy atom. The van der Waals surface area contributed by atoms with Crippen LogP contribution in [0.5, 0.6) is 0 Å². The molecule has 0 saturated heterocycles. The molecule has 0 aliphatic rings. The maximum Gasteiger partial charge on any atom is 0.261 e. The van der Waals surface area contributed by atoms with Crippen LogP contribution in [0.3, 0.4) is 0 Å². The van der Waals surface area contributed by atoms with Crippen LogP contribution in [0.15, 0.2) is 0 Å². The minimum Gasteiger partial charge on any atom is -0.365 e. The van der Waals surface area contributed by atoms with E-state index in [4.69, 9.17) is 11.0 Å². The number of hydrogen-bond donors (Lipinski definition) is 1. The molecular weight excluding hydrogens is 186 g/mol. The second-order valence-electron chi connectivity index (χ2n) is 2.90. The fourth-order valence-corrected chi connectivity index (χ4v) is 1.80. The molecule has 0 fully saturated rings. The third-order valence-corrected chi connectivity index (χ3v) is 2.48. The van der Waals surface area contributed by atoms with E-state index in [0.29, 0.717) is 11.3 Å². The van der Waals surface area contributed by atoms with Gasteiger partial charge in [-0.3, -0.25) is 4.79 Å². The summed E-state index contributed by atoms with van der Waals surface area (Å²) in [5, 5.41) is 8.79. The van der Waals surface area contributed by atoms with Crippen LogP contribution in [0.25, 0.3) is 0 Å². The van der Waals surface area contributed by atoms with E-state index in [2.05, 4.69) is 4.37 Å². The van der Waals surface area contributed by atoms with Gasteiger partial charge < -0.3 is 5.73 Å². The van der Waals surface area contributed by atoms with Gasteiger partial charge in [-0.25, -0.2) is 0 Å². The summed E-state index contributed by atoms with van der Waals surface area (Å²) < 4.78 is 4.03. The Kier molecular flexibility index (Phi) is 2.63. The summed E-state index contributed by atoms with van der Waals surface area (Å²) in [5.74, 6) is -0.444. The van der Waals surface area contributed by atoms with E-state index >= 15 is 0 Å². The lowest BCUT2D eigenvalue weighted by atomic mass is 10.1. The topological polar surface area (TPSA) is 79.8 Å². The zero-order valence-electron chi connectivity index (χ0n) is 7.37. The van der Waals surface area contributed by atoms with Crippen molar-refractivity contribution in [1.82, 2.24) is 4.37 Å². The highest BCUT2D eigenvalue weighted by molar-refractivity contribution is 7.08. The number of carbonyl (C=O) groups excluding carboxylic acids is 1. The second kappa shape index (κ2) is 3.54. The van der Waals surface area contributed by atoms with Gasteiger partial charge in [0.05, 0.1) is 11.3 Å². The molecule has 1 aromatic rings. The van der Waals surface area contributed by atoms with E-state index in [1.807, 2.05) is 19.9 Å². The van der Waals surface area contributed by atoms with Crippen molar-refractivity contribution in [2.75, 3.05) is 0 Å². The first-order chi connectivity index (χ1) is 6.07. The standard InChI is InChI=1S/C8H9N3OS/c1-4(2)6-5(3-9)7(8(10)12)13-11-6/h4H,1-2H3,(H2,10,12). The summed E-state index contributed by atoms with van der Waals surface area (Å²) >= 11 is 0.990. The summed E-state index contributed by atoms with van der Waals surface area (Å²) in [5.41, 5.74) is 6.06. The first-order valence-electron chi connectivity index (χ1n) is 3.77. The Balaban J connectivity index is 3.29. The number of primary amides is 1. The summed E-state index contributed by atoms with van der Waals surface area (Å²) in [6.07, 6.45) is 0. The number of aromatic nitrogens is 1. The third-order valence-electron chi connectivity index (χ3n) is 1.60. The van der Waals surface area contributed by atoms with Crippen LogP contribution in [-0.4, -0.2) is 10.3 Å². The number of nitrogens with zero attached hydrogens (tertiary/aromatic N) is 2. The molecule has 0 radical (unpaired) electrons. The lowest BCUT2D eigenvalue weighted by Crippen LogP contribution is -2.10. The molecule has 0 unspecified atom stereocenters. The minimum absolute atomic E-state index is 0.138. The van der Waals surface area contributed by atoms with E-state index in [9.17, 15) is 4.79 Å². The van der Waals surface area contributed by atoms with Gasteiger partial charge in [0.1, 0.15) is 10.9 Å². The molecule has 1 aromatic heterocycles. The lowest BCUT2D eigenvalue weighted by molar-refractivity contribution is 0.100. The molecule has 68 valence electrons. The molecule has 1 heterocycles. The fraction of sp³-hybridized carbons (Fsp3) is 0.375. The van der Waals surface area contributed by atoms with Crippen molar-refractivity contribution < 1.29 is 4.79 Å². The van der Waals surface area contributed by atoms with Crippen molar-refractivity contribution in [3.8, 4) is 6.07 Å². The Morgan fingerprint density at radius 3 is 2.69 bits per heavy atom. The fourth-order valence-electron chi connectivity index (χ4n) is 0.973. The van der Waals surface area contributed by atoms with Crippen molar-refractivity contribution in [2.24, 2.45) is 5.73 Å². The maximum absolute atomic E-state index is 10.9. The minimum atomic E-state index is -0.582. The molecule has 2 N–H and O–H groups in total. The van der Waals surface area contributed by atoms with Gasteiger partial charge >= 0.3 is 0 Å². The zero-order chi connectivity index (χ0) is 10.0. The van der Waals surface area contributed by atoms with Gasteiger partial charge in [-0.05, 0) is 17.5 Å². The lowest BCUT2D eigenvalue weighted by Gasteiger charge is -1.98. The van der Waals surface area contributed by atoms with Gasteiger partial charge in [0.15, 0.2) is 0 Å². The van der Waals surface area contributed by atoms with Crippen molar-refractivity contribution in [3.05, 3.63) is 16.1 Å². The summed E-state index contributed by atoms with van der Waals surface area (Å²) in [6, 6.07) is 1.95. The van der Waals surface area contributed by atoms with Crippen molar-refractivity contribution in [3.63, 3.8) is 0 Å². The summed E-state index contributed by atoms with van der Waals surface area (Å²) in [4.78, 5) is 11.1. The Morgan fingerprint density at radius 1 is 1.69 bits per heavy atom. The van der Waals surface area contributed by atoms with Crippen LogP contribution in [0.4, 0.5) is 0 Å². The van der Waals surface area contributed by atoms with Gasteiger partial charge in [0.25, 0.3) is 5.91 Å². The molecule has 4 nitrogen and oxygen atoms in total. The van der Waals surface area contributed by atoms with Gasteiger partial charge in [0, 0.05) is 0 Å². The van der Waals surface area contributed by atoms with Gasteiger partial charge in [-0.2, -0.15) is 9.64 Å². The van der Waals surface area contributed by atoms with Crippen LogP contribution in [0, 0.1) is 11.3 Å². The number of nitrogens with two attached hydrogens (primary N) is 1. The molecule has 0 saturated carbocycles. The molecule has 0 bridgehead atoms. The highest BCUT2D eigenvalue weighted by Crippen LogP contribution is 2.23. The molecule has 1 amide bonds. The average Bonchev–Trinajstić information content (AvgIpc) is 2.46. The van der Waals surface area contributed by atoms with Gasteiger partial charge in [0.2, 0.25) is 0 Å². The average molecular weight is 195 g/mol. The van der Waals surface area contributed by atoms with Gasteiger partial charge in [-0.1, -0.05) is 13.8 Å². The van der Waals surface area contributed by atoms with Crippen molar-refractivity contribution in [2.45, 2.75) is 19.8 Å². The van der Waals surface area contributed by atoms with Crippen molar-refractivity contribution in [1.29, 1.82) is 5.26 Å².